The average molecular weight is 400 g/mol. The van der Waals surface area contributed by atoms with Crippen LogP contribution in [0.4, 0.5) is 0 Å². The molecule has 150 valence electrons. The van der Waals surface area contributed by atoms with Gasteiger partial charge in [-0.2, -0.15) is 0 Å². The Morgan fingerprint density at radius 2 is 2.14 bits per heavy atom. The Balaban J connectivity index is 1.64. The van der Waals surface area contributed by atoms with Gasteiger partial charge in [0.15, 0.2) is 0 Å². The Hall–Kier alpha value is -2.25. The highest BCUT2D eigenvalue weighted by Gasteiger charge is 2.21. The van der Waals surface area contributed by atoms with Gasteiger partial charge in [0.2, 0.25) is 0 Å². The average Bonchev–Trinajstić information content (AvgIpc) is 2.97. The van der Waals surface area contributed by atoms with E-state index in [1.807, 2.05) is 35.9 Å². The van der Waals surface area contributed by atoms with Crippen LogP contribution in [-0.2, 0) is 13.6 Å². The molecule has 1 aliphatic rings. The highest BCUT2D eigenvalue weighted by Crippen LogP contribution is 2.31. The minimum Gasteiger partial charge on any atom is -0.405 e. The first kappa shape index (κ1) is 20.5. The van der Waals surface area contributed by atoms with Crippen LogP contribution in [0.2, 0.25) is 0 Å². The molecule has 3 heterocycles. The smallest absolute Gasteiger partial charge is 0.268 e. The fraction of sp³-hybridized carbons (Fsp3) is 0.429. The molecular weight excluding hydrogens is 370 g/mol. The van der Waals surface area contributed by atoms with Crippen molar-refractivity contribution in [2.45, 2.75) is 38.1 Å². The van der Waals surface area contributed by atoms with Crippen molar-refractivity contribution in [1.29, 1.82) is 0 Å². The van der Waals surface area contributed by atoms with Crippen LogP contribution >= 0.6 is 11.9 Å². The zero-order chi connectivity index (χ0) is 20.1. The summed E-state index contributed by atoms with van der Waals surface area (Å²) in [7, 11) is 1.94. The van der Waals surface area contributed by atoms with Crippen LogP contribution in [0.25, 0.3) is 6.08 Å². The van der Waals surface area contributed by atoms with Gasteiger partial charge >= 0.3 is 0 Å². The molecule has 1 amide bonds. The van der Waals surface area contributed by atoms with Gasteiger partial charge in [0.25, 0.3) is 5.91 Å². The standard InChI is InChI=1S/C21H29N5OS/c1-15-8-11-26(12-9-15)28-20-13-19(25(3)16(20)2)21(27)23-14-18-6-4-5-17(24-18)7-10-22/h4-7,10,13,15H,8-9,11-12,14,22H2,1-3H3,(H,23,27)/b10-7-. The fourth-order valence-corrected chi connectivity index (χ4v) is 4.35. The Labute approximate surface area is 171 Å². The third-order valence-electron chi connectivity index (χ3n) is 5.22. The maximum absolute atomic E-state index is 12.7. The van der Waals surface area contributed by atoms with Gasteiger partial charge in [0.05, 0.1) is 17.9 Å². The van der Waals surface area contributed by atoms with E-state index in [2.05, 4.69) is 28.5 Å². The first-order chi connectivity index (χ1) is 13.5. The number of aromatic nitrogens is 2. The molecule has 2 aromatic heterocycles. The molecule has 6 nitrogen and oxygen atoms in total. The van der Waals surface area contributed by atoms with Crippen molar-refractivity contribution in [2.24, 2.45) is 18.7 Å². The summed E-state index contributed by atoms with van der Waals surface area (Å²) in [6.45, 7) is 6.95. The van der Waals surface area contributed by atoms with Gasteiger partial charge in [0, 0.05) is 30.7 Å². The summed E-state index contributed by atoms with van der Waals surface area (Å²) in [5, 5.41) is 2.97. The first-order valence-electron chi connectivity index (χ1n) is 9.69. The van der Waals surface area contributed by atoms with E-state index in [1.165, 1.54) is 19.0 Å². The lowest BCUT2D eigenvalue weighted by atomic mass is 10.0. The predicted octanol–water partition coefficient (Wildman–Crippen LogP) is 3.33. The van der Waals surface area contributed by atoms with Crippen molar-refractivity contribution in [1.82, 2.24) is 19.2 Å². The third-order valence-corrected chi connectivity index (χ3v) is 6.45. The number of nitrogens with two attached hydrogens (primary N) is 1. The molecule has 7 heteroatoms. The molecule has 0 atom stereocenters. The number of nitrogens with zero attached hydrogens (tertiary/aromatic N) is 3. The zero-order valence-electron chi connectivity index (χ0n) is 16.8. The van der Waals surface area contributed by atoms with Crippen LogP contribution in [0.3, 0.4) is 0 Å². The van der Waals surface area contributed by atoms with Gasteiger partial charge in [-0.1, -0.05) is 13.0 Å². The molecule has 2 aromatic rings. The molecule has 1 aliphatic heterocycles. The highest BCUT2D eigenvalue weighted by molar-refractivity contribution is 7.97. The van der Waals surface area contributed by atoms with Gasteiger partial charge < -0.3 is 15.6 Å². The minimum absolute atomic E-state index is 0.0914. The van der Waals surface area contributed by atoms with E-state index >= 15 is 0 Å². The number of nitrogens with one attached hydrogen (secondary N) is 1. The number of carbonyl (C=O) groups excluding carboxylic acids is 1. The Morgan fingerprint density at radius 3 is 2.86 bits per heavy atom. The Morgan fingerprint density at radius 1 is 1.39 bits per heavy atom. The summed E-state index contributed by atoms with van der Waals surface area (Å²) < 4.78 is 4.37. The normalized spacial score (nSPS) is 16.0. The summed E-state index contributed by atoms with van der Waals surface area (Å²) >= 11 is 1.77. The first-order valence-corrected chi connectivity index (χ1v) is 10.5. The molecule has 1 fully saturated rings. The molecule has 0 aromatic carbocycles. The van der Waals surface area contributed by atoms with E-state index in [9.17, 15) is 4.79 Å². The molecule has 1 saturated heterocycles. The van der Waals surface area contributed by atoms with Gasteiger partial charge in [-0.25, -0.2) is 4.31 Å². The maximum Gasteiger partial charge on any atom is 0.268 e. The second kappa shape index (κ2) is 9.30. The molecule has 0 unspecified atom stereocenters. The van der Waals surface area contributed by atoms with E-state index in [1.54, 1.807) is 18.0 Å². The summed E-state index contributed by atoms with van der Waals surface area (Å²) in [5.41, 5.74) is 8.77. The Bertz CT molecular complexity index is 852. The van der Waals surface area contributed by atoms with Crippen LogP contribution in [0, 0.1) is 12.8 Å². The monoisotopic (exact) mass is 399 g/mol. The van der Waals surface area contributed by atoms with Crippen molar-refractivity contribution in [2.75, 3.05) is 13.1 Å². The number of rotatable bonds is 6. The van der Waals surface area contributed by atoms with Gasteiger partial charge in [-0.15, -0.1) is 0 Å². The van der Waals surface area contributed by atoms with Crippen LogP contribution in [0.15, 0.2) is 35.4 Å². The van der Waals surface area contributed by atoms with Crippen molar-refractivity contribution in [3.05, 3.63) is 53.2 Å². The Kier molecular flexibility index (Phi) is 6.80. The topological polar surface area (TPSA) is 76.2 Å². The molecular formula is C21H29N5OS. The number of carbonyl (C=O) groups is 1. The van der Waals surface area contributed by atoms with Crippen LogP contribution < -0.4 is 11.1 Å². The highest BCUT2D eigenvalue weighted by atomic mass is 32.2. The predicted molar refractivity (Wildman–Crippen MR) is 115 cm³/mol. The number of hydrogen-bond acceptors (Lipinski definition) is 5. The lowest BCUT2D eigenvalue weighted by molar-refractivity contribution is 0.0942. The summed E-state index contributed by atoms with van der Waals surface area (Å²) in [4.78, 5) is 18.3. The molecule has 3 rings (SSSR count). The molecule has 0 aliphatic carbocycles. The SMILES string of the molecule is Cc1c(SN2CCC(C)CC2)cc(C(=O)NCc2cccc(/C=C\N)n2)n1C. The number of piperidine rings is 1. The lowest BCUT2D eigenvalue weighted by Crippen LogP contribution is -2.27. The van der Waals surface area contributed by atoms with E-state index < -0.39 is 0 Å². The number of pyridine rings is 1. The van der Waals surface area contributed by atoms with Crippen molar-refractivity contribution < 1.29 is 4.79 Å². The minimum atomic E-state index is -0.0914. The fourth-order valence-electron chi connectivity index (χ4n) is 3.25. The van der Waals surface area contributed by atoms with E-state index in [0.29, 0.717) is 12.2 Å². The van der Waals surface area contributed by atoms with Crippen molar-refractivity contribution in [3.8, 4) is 0 Å². The summed E-state index contributed by atoms with van der Waals surface area (Å²) in [5.74, 6) is 0.716. The zero-order valence-corrected chi connectivity index (χ0v) is 17.6. The number of amides is 1. The quantitative estimate of drug-likeness (QED) is 0.729. The number of hydrogen-bond donors (Lipinski definition) is 2. The molecule has 0 saturated carbocycles. The molecule has 28 heavy (non-hydrogen) atoms. The van der Waals surface area contributed by atoms with Crippen LogP contribution in [0.5, 0.6) is 0 Å². The summed E-state index contributed by atoms with van der Waals surface area (Å²) in [6, 6.07) is 7.67. The maximum atomic E-state index is 12.7. The van der Waals surface area contributed by atoms with Crippen molar-refractivity contribution in [3.63, 3.8) is 0 Å². The second-order valence-corrected chi connectivity index (χ2v) is 8.48. The molecule has 0 radical (unpaired) electrons. The largest absolute Gasteiger partial charge is 0.405 e. The summed E-state index contributed by atoms with van der Waals surface area (Å²) in [6.07, 6.45) is 5.66. The lowest BCUT2D eigenvalue weighted by Gasteiger charge is -2.28. The third kappa shape index (κ3) is 4.97. The molecule has 0 bridgehead atoms. The van der Waals surface area contributed by atoms with Gasteiger partial charge in [-0.05, 0) is 68.1 Å². The van der Waals surface area contributed by atoms with Gasteiger partial charge in [0.1, 0.15) is 5.69 Å². The second-order valence-electron chi connectivity index (χ2n) is 7.34. The van der Waals surface area contributed by atoms with E-state index in [0.717, 1.165) is 41.0 Å². The van der Waals surface area contributed by atoms with Crippen LogP contribution in [0.1, 0.15) is 47.3 Å². The molecule has 0 spiro atoms. The van der Waals surface area contributed by atoms with Gasteiger partial charge in [-0.3, -0.25) is 9.78 Å². The van der Waals surface area contributed by atoms with Crippen LogP contribution in [-0.4, -0.2) is 32.9 Å². The van der Waals surface area contributed by atoms with Crippen molar-refractivity contribution >= 4 is 23.9 Å². The van der Waals surface area contributed by atoms with E-state index in [-0.39, 0.29) is 5.91 Å². The molecule has 3 N–H and O–H groups in total. The van der Waals surface area contributed by atoms with E-state index in [4.69, 9.17) is 5.73 Å².